The average molecular weight is 697 g/mol. The van der Waals surface area contributed by atoms with Crippen molar-refractivity contribution < 1.29 is 73.6 Å². The number of nitrogens with zero attached hydrogens (tertiary/aromatic N) is 1. The highest BCUT2D eigenvalue weighted by Gasteiger charge is 2.50. The van der Waals surface area contributed by atoms with Crippen molar-refractivity contribution in [2.24, 2.45) is 10.9 Å². The summed E-state index contributed by atoms with van der Waals surface area (Å²) in [5.74, 6) is -3.12. The maximum absolute atomic E-state index is 13.9. The van der Waals surface area contributed by atoms with E-state index in [1.54, 1.807) is 6.92 Å². The molecule has 2 aromatic carbocycles. The maximum atomic E-state index is 13.9. The number of aliphatic hydroxyl groups excluding tert-OH is 2. The summed E-state index contributed by atoms with van der Waals surface area (Å²) in [5.41, 5.74) is 1.46. The fourth-order valence-corrected chi connectivity index (χ4v) is 6.41. The second kappa shape index (κ2) is 12.8. The topological polar surface area (TPSA) is 288 Å². The number of methoxy groups -OCH3 is 1. The van der Waals surface area contributed by atoms with E-state index in [1.807, 2.05) is 0 Å². The number of phenols is 2. The van der Waals surface area contributed by atoms with E-state index in [2.05, 4.69) is 5.16 Å². The van der Waals surface area contributed by atoms with E-state index in [-0.39, 0.29) is 34.4 Å². The summed E-state index contributed by atoms with van der Waals surface area (Å²) >= 11 is 0. The van der Waals surface area contributed by atoms with E-state index in [9.17, 15) is 54.6 Å². The molecule has 1 aliphatic heterocycles. The molecule has 5 rings (SSSR count). The molecule has 18 heteroatoms. The van der Waals surface area contributed by atoms with E-state index in [1.165, 1.54) is 25.3 Å². The Morgan fingerprint density at radius 1 is 1.17 bits per heavy atom. The molecule has 3 aliphatic rings. The van der Waals surface area contributed by atoms with Crippen LogP contribution in [0.2, 0.25) is 0 Å². The highest BCUT2D eigenvalue weighted by molar-refractivity contribution is 7.53. The van der Waals surface area contributed by atoms with E-state index in [0.717, 1.165) is 6.92 Å². The molecule has 0 saturated carbocycles. The lowest BCUT2D eigenvalue weighted by molar-refractivity contribution is -0.245. The Morgan fingerprint density at radius 3 is 2.44 bits per heavy atom. The number of phenolic OH excluding ortho intramolecular Hbond substituents is 2. The minimum Gasteiger partial charge on any atom is -0.507 e. The molecule has 1 heterocycles. The number of fused-ring (bicyclic) bond motifs is 3. The zero-order valence-corrected chi connectivity index (χ0v) is 27.0. The highest BCUT2D eigenvalue weighted by atomic mass is 31.2. The summed E-state index contributed by atoms with van der Waals surface area (Å²) in [7, 11) is -3.80. The van der Waals surface area contributed by atoms with Gasteiger partial charge in [-0.25, -0.2) is 0 Å². The molecule has 262 valence electrons. The molecule has 0 bridgehead atoms. The Labute approximate surface area is 273 Å². The Kier molecular flexibility index (Phi) is 9.52. The van der Waals surface area contributed by atoms with Crippen LogP contribution in [0.25, 0.3) is 0 Å². The lowest BCUT2D eigenvalue weighted by Crippen LogP contribution is -2.53. The van der Waals surface area contributed by atoms with Crippen LogP contribution in [-0.4, -0.2) is 114 Å². The number of aromatic hydroxyl groups is 2. The van der Waals surface area contributed by atoms with Crippen LogP contribution in [0.15, 0.2) is 23.4 Å². The van der Waals surface area contributed by atoms with Gasteiger partial charge in [-0.15, -0.1) is 0 Å². The average Bonchev–Trinajstić information content (AvgIpc) is 3.01. The first kappa shape index (κ1) is 35.8. The molecule has 0 aromatic heterocycles. The molecule has 1 unspecified atom stereocenters. The smallest absolute Gasteiger partial charge is 0.360 e. The van der Waals surface area contributed by atoms with Crippen LogP contribution in [-0.2, 0) is 25.3 Å². The number of oxime groups is 1. The number of ether oxygens (including phenoxy) is 3. The number of carbonyl (C=O) groups excluding carboxylic acids is 2. The second-order valence-electron chi connectivity index (χ2n) is 12.3. The lowest BCUT2D eigenvalue weighted by Gasteiger charge is -2.42. The van der Waals surface area contributed by atoms with Gasteiger partial charge in [0.25, 0.3) is 0 Å². The minimum atomic E-state index is -5.09. The summed E-state index contributed by atoms with van der Waals surface area (Å²) in [4.78, 5) is 51.3. The molecule has 0 amide bonds. The van der Waals surface area contributed by atoms with Gasteiger partial charge in [0.1, 0.15) is 28.6 Å². The molecule has 48 heavy (non-hydrogen) atoms. The summed E-state index contributed by atoms with van der Waals surface area (Å²) in [6, 6.07) is 3.46. The van der Waals surface area contributed by atoms with Gasteiger partial charge in [-0.05, 0) is 19.9 Å². The number of hydrogen-bond donors (Lipinski definition) is 9. The fraction of sp³-hybridized carbons (Fsp3) is 0.500. The van der Waals surface area contributed by atoms with Gasteiger partial charge in [-0.3, -0.25) is 14.2 Å². The summed E-state index contributed by atoms with van der Waals surface area (Å²) < 4.78 is 28.8. The van der Waals surface area contributed by atoms with Gasteiger partial charge in [0.2, 0.25) is 5.78 Å². The number of aliphatic hydroxyl groups is 4. The zero-order chi connectivity index (χ0) is 35.5. The van der Waals surface area contributed by atoms with Crippen LogP contribution in [0.3, 0.4) is 0 Å². The van der Waals surface area contributed by atoms with E-state index < -0.39 is 115 Å². The molecular formula is C30H37N2O15P. The predicted octanol–water partition coefficient (Wildman–Crippen LogP) is -0.309. The number of carbonyl (C=O) groups is 2. The first-order valence-corrected chi connectivity index (χ1v) is 16.4. The van der Waals surface area contributed by atoms with Crippen LogP contribution in [0.5, 0.6) is 17.2 Å². The van der Waals surface area contributed by atoms with Crippen molar-refractivity contribution >= 4 is 24.9 Å². The van der Waals surface area contributed by atoms with E-state index in [0.29, 0.717) is 0 Å². The normalized spacial score (nSPS) is 28.6. The van der Waals surface area contributed by atoms with E-state index >= 15 is 0 Å². The van der Waals surface area contributed by atoms with Crippen molar-refractivity contribution in [1.29, 1.82) is 0 Å². The number of benzene rings is 2. The van der Waals surface area contributed by atoms with Gasteiger partial charge in [-0.1, -0.05) is 17.3 Å². The molecule has 0 radical (unpaired) electrons. The molecule has 2 aromatic rings. The van der Waals surface area contributed by atoms with Crippen molar-refractivity contribution in [3.05, 3.63) is 51.6 Å². The van der Waals surface area contributed by atoms with Crippen LogP contribution in [0, 0.1) is 0 Å². The second-order valence-corrected chi connectivity index (χ2v) is 14.4. The van der Waals surface area contributed by atoms with Crippen molar-refractivity contribution in [2.45, 2.75) is 74.7 Å². The number of rotatable bonds is 9. The summed E-state index contributed by atoms with van der Waals surface area (Å²) in [6.07, 6.45) is -5.70. The molecular weight excluding hydrogens is 659 g/mol. The highest BCUT2D eigenvalue weighted by Crippen LogP contribution is 2.53. The zero-order valence-electron chi connectivity index (χ0n) is 26.1. The van der Waals surface area contributed by atoms with Gasteiger partial charge in [0.05, 0.1) is 48.7 Å². The molecule has 1 saturated heterocycles. The summed E-state index contributed by atoms with van der Waals surface area (Å²) in [6.45, 7) is 0.272. The molecule has 17 nitrogen and oxygen atoms in total. The first-order chi connectivity index (χ1) is 22.4. The third-order valence-corrected chi connectivity index (χ3v) is 10.4. The Hall–Kier alpha value is -3.48. The van der Waals surface area contributed by atoms with Crippen molar-refractivity contribution in [3.8, 4) is 17.2 Å². The molecule has 0 spiro atoms. The Balaban J connectivity index is 1.64. The molecule has 1 fully saturated rings. The third kappa shape index (κ3) is 6.00. The third-order valence-electron chi connectivity index (χ3n) is 8.97. The Morgan fingerprint density at radius 2 is 1.83 bits per heavy atom. The fourth-order valence-electron chi connectivity index (χ4n) is 6.19. The Bertz CT molecular complexity index is 1710. The monoisotopic (exact) mass is 696 g/mol. The number of ketones is 2. The van der Waals surface area contributed by atoms with Crippen LogP contribution < -0.4 is 10.5 Å². The van der Waals surface area contributed by atoms with Gasteiger partial charge in [0, 0.05) is 42.0 Å². The molecule has 2 aliphatic carbocycles. The quantitative estimate of drug-likeness (QED) is 0.0600. The standard InChI is InChI=1S/C30H37N2O15P/c1-12-24(34)15(31)7-19(46-12)47-17-9-30(40,18(10-33)32-45-11-29(2,39)48(41,42)43)8-14-21(17)28(38)23-22(26(14)36)25(35)13-5-4-6-16(44-3)20(13)27(23)37/h4-6,12,15,17,19,24,33-34,36,38-40H,7-11,31H2,1-3H3,(H2,41,42,43)/b32-18+/t12-,15-,17-,19-,24+,29?,30-/m0/s1. The largest absolute Gasteiger partial charge is 0.507 e. The SMILES string of the molecule is COc1cccc2c1C(=O)c1c(O)c3c(c(O)c1C2=O)C[C@@](O)(/C(CO)=N/OCC(C)(O)P(=O)(O)O)C[C@@H]3O[C@H]1C[C@H](N)[C@H](O)[C@H](C)O1. The van der Waals surface area contributed by atoms with Crippen molar-refractivity contribution in [3.63, 3.8) is 0 Å². The van der Waals surface area contributed by atoms with Crippen molar-refractivity contribution in [2.75, 3.05) is 20.3 Å². The number of hydrogen-bond acceptors (Lipinski definition) is 15. The molecule has 7 atom stereocenters. The van der Waals surface area contributed by atoms with Crippen LogP contribution in [0.4, 0.5) is 0 Å². The minimum absolute atomic E-state index is 0.0500. The van der Waals surface area contributed by atoms with Gasteiger partial charge < -0.3 is 65.2 Å². The van der Waals surface area contributed by atoms with Crippen molar-refractivity contribution in [1.82, 2.24) is 0 Å². The van der Waals surface area contributed by atoms with E-state index in [4.69, 9.17) is 24.8 Å². The maximum Gasteiger partial charge on any atom is 0.360 e. The van der Waals surface area contributed by atoms with Crippen LogP contribution in [0.1, 0.15) is 75.8 Å². The van der Waals surface area contributed by atoms with Gasteiger partial charge in [-0.2, -0.15) is 0 Å². The predicted molar refractivity (Wildman–Crippen MR) is 163 cm³/mol. The van der Waals surface area contributed by atoms with Gasteiger partial charge >= 0.3 is 7.60 Å². The number of nitrogens with two attached hydrogens (primary N) is 1. The lowest BCUT2D eigenvalue weighted by atomic mass is 9.71. The first-order valence-electron chi connectivity index (χ1n) is 14.8. The summed E-state index contributed by atoms with van der Waals surface area (Å²) in [5, 5.41) is 66.8. The van der Waals surface area contributed by atoms with Gasteiger partial charge in [0.15, 0.2) is 24.0 Å². The van der Waals surface area contributed by atoms with Crippen LogP contribution >= 0.6 is 7.60 Å². The molecule has 10 N–H and O–H groups in total.